The first-order valence-electron chi connectivity index (χ1n) is 12.1. The number of nitrogens with zero attached hydrogens (tertiary/aromatic N) is 1. The summed E-state index contributed by atoms with van der Waals surface area (Å²) in [6.45, 7) is 0. The van der Waals surface area contributed by atoms with E-state index in [0.717, 1.165) is 22.3 Å². The van der Waals surface area contributed by atoms with Crippen molar-refractivity contribution in [3.8, 4) is 0 Å². The fourth-order valence-corrected chi connectivity index (χ4v) is 6.96. The second-order valence-corrected chi connectivity index (χ2v) is 11.0. The Labute approximate surface area is 219 Å². The van der Waals surface area contributed by atoms with Gasteiger partial charge in [0.05, 0.1) is 11.8 Å². The number of benzene rings is 3. The molecule has 0 aromatic heterocycles. The van der Waals surface area contributed by atoms with Crippen LogP contribution in [0.3, 0.4) is 0 Å². The Hall–Kier alpha value is -3.09. The number of hydrogen-bond donors (Lipinski definition) is 1. The number of nitrogens with one attached hydrogen (secondary N) is 1. The van der Waals surface area contributed by atoms with Crippen LogP contribution in [0.2, 0.25) is 5.02 Å². The Morgan fingerprint density at radius 3 is 1.78 bits per heavy atom. The number of hydrogen-bond acceptors (Lipinski definition) is 4. The summed E-state index contributed by atoms with van der Waals surface area (Å²) in [7, 11) is 0. The SMILES string of the molecule is CSCC[C@H](C(=O)Nc1ccc(Cl)cc1)N1C(=O)[C@H]2C3c4ccccc4C(c4ccccc43)[C@@H]2C1=O. The molecule has 1 N–H and O–H groups in total. The lowest BCUT2D eigenvalue weighted by molar-refractivity contribution is -0.146. The Balaban J connectivity index is 1.39. The molecule has 1 heterocycles. The van der Waals surface area contributed by atoms with Crippen LogP contribution in [0.5, 0.6) is 0 Å². The number of amides is 3. The van der Waals surface area contributed by atoms with Crippen LogP contribution in [0.15, 0.2) is 72.8 Å². The standard InChI is InChI=1S/C29H25ClN2O3S/c1-36-15-14-22(27(33)31-17-12-10-16(30)11-13-17)32-28(34)25-23-18-6-2-3-7-19(18)24(26(25)29(32)35)21-9-5-4-8-20(21)23/h2-13,22-26H,14-15H2,1H3,(H,31,33)/t22-,23?,24?,25+,26+/m1/s1. The van der Waals surface area contributed by atoms with Crippen molar-refractivity contribution in [1.82, 2.24) is 4.90 Å². The van der Waals surface area contributed by atoms with Gasteiger partial charge in [0.15, 0.2) is 0 Å². The van der Waals surface area contributed by atoms with Gasteiger partial charge in [-0.1, -0.05) is 60.1 Å². The summed E-state index contributed by atoms with van der Waals surface area (Å²) in [6.07, 6.45) is 2.35. The minimum atomic E-state index is -0.871. The fraction of sp³-hybridized carbons (Fsp3) is 0.276. The van der Waals surface area contributed by atoms with E-state index in [4.69, 9.17) is 11.6 Å². The first-order chi connectivity index (χ1) is 17.5. The van der Waals surface area contributed by atoms with Gasteiger partial charge in [0.25, 0.3) is 0 Å². The summed E-state index contributed by atoms with van der Waals surface area (Å²) in [4.78, 5) is 42.9. The first kappa shape index (κ1) is 23.3. The monoisotopic (exact) mass is 516 g/mol. The molecule has 1 fully saturated rings. The number of carbonyl (C=O) groups excluding carboxylic acids is 3. The molecule has 4 aliphatic rings. The Morgan fingerprint density at radius 1 is 0.861 bits per heavy atom. The van der Waals surface area contributed by atoms with E-state index in [1.807, 2.05) is 30.5 Å². The highest BCUT2D eigenvalue weighted by molar-refractivity contribution is 7.98. The average molecular weight is 517 g/mol. The third-order valence-electron chi connectivity index (χ3n) is 7.80. The largest absolute Gasteiger partial charge is 0.324 e. The Kier molecular flexibility index (Phi) is 5.89. The molecule has 7 heteroatoms. The van der Waals surface area contributed by atoms with E-state index in [-0.39, 0.29) is 29.6 Å². The van der Waals surface area contributed by atoms with Gasteiger partial charge in [0.1, 0.15) is 6.04 Å². The van der Waals surface area contributed by atoms with E-state index in [2.05, 4.69) is 29.6 Å². The summed E-state index contributed by atoms with van der Waals surface area (Å²) < 4.78 is 0. The second-order valence-electron chi connectivity index (χ2n) is 9.60. The zero-order valence-electron chi connectivity index (χ0n) is 19.7. The molecular formula is C29H25ClN2O3S. The van der Waals surface area contributed by atoms with E-state index in [1.54, 1.807) is 36.0 Å². The van der Waals surface area contributed by atoms with E-state index in [0.29, 0.717) is 22.9 Å². The predicted octanol–water partition coefficient (Wildman–Crippen LogP) is 5.29. The lowest BCUT2D eigenvalue weighted by Crippen LogP contribution is -2.48. The van der Waals surface area contributed by atoms with E-state index in [9.17, 15) is 14.4 Å². The van der Waals surface area contributed by atoms with Crippen molar-refractivity contribution in [2.24, 2.45) is 11.8 Å². The zero-order chi connectivity index (χ0) is 25.0. The van der Waals surface area contributed by atoms with Gasteiger partial charge in [-0.3, -0.25) is 19.3 Å². The van der Waals surface area contributed by atoms with Crippen molar-refractivity contribution in [2.45, 2.75) is 24.3 Å². The number of likely N-dealkylation sites (tertiary alicyclic amines) is 1. The molecule has 2 bridgehead atoms. The van der Waals surface area contributed by atoms with Crippen molar-refractivity contribution >= 4 is 46.8 Å². The highest BCUT2D eigenvalue weighted by atomic mass is 35.5. The summed E-state index contributed by atoms with van der Waals surface area (Å²) in [5, 5.41) is 3.46. The molecule has 7 rings (SSSR count). The number of carbonyl (C=O) groups is 3. The van der Waals surface area contributed by atoms with E-state index < -0.39 is 17.9 Å². The van der Waals surface area contributed by atoms with Crippen LogP contribution in [0.4, 0.5) is 5.69 Å². The van der Waals surface area contributed by atoms with Gasteiger partial charge < -0.3 is 5.32 Å². The van der Waals surface area contributed by atoms with Gasteiger partial charge in [0.2, 0.25) is 17.7 Å². The maximum absolute atomic E-state index is 14.1. The van der Waals surface area contributed by atoms with Crippen LogP contribution in [-0.2, 0) is 14.4 Å². The van der Waals surface area contributed by atoms with Crippen molar-refractivity contribution in [3.05, 3.63) is 100 Å². The molecule has 3 aromatic carbocycles. The molecule has 1 aliphatic heterocycles. The predicted molar refractivity (Wildman–Crippen MR) is 142 cm³/mol. The van der Waals surface area contributed by atoms with Crippen LogP contribution in [0, 0.1) is 11.8 Å². The molecule has 3 atom stereocenters. The van der Waals surface area contributed by atoms with Crippen molar-refractivity contribution in [2.75, 3.05) is 17.3 Å². The molecule has 3 aliphatic carbocycles. The molecule has 5 nitrogen and oxygen atoms in total. The molecule has 1 saturated heterocycles. The van der Waals surface area contributed by atoms with Gasteiger partial charge in [-0.15, -0.1) is 0 Å². The summed E-state index contributed by atoms with van der Waals surface area (Å²) in [5.41, 5.74) is 5.07. The molecular weight excluding hydrogens is 492 g/mol. The Morgan fingerprint density at radius 2 is 1.33 bits per heavy atom. The maximum atomic E-state index is 14.1. The highest BCUT2D eigenvalue weighted by Crippen LogP contribution is 2.61. The lowest BCUT2D eigenvalue weighted by atomic mass is 9.55. The molecule has 0 spiro atoms. The zero-order valence-corrected chi connectivity index (χ0v) is 21.3. The van der Waals surface area contributed by atoms with Crippen LogP contribution in [0.1, 0.15) is 40.5 Å². The van der Waals surface area contributed by atoms with Crippen molar-refractivity contribution < 1.29 is 14.4 Å². The molecule has 3 aromatic rings. The number of anilines is 1. The number of thioether (sulfide) groups is 1. The van der Waals surface area contributed by atoms with Gasteiger partial charge in [0, 0.05) is 22.5 Å². The first-order valence-corrected chi connectivity index (χ1v) is 13.9. The Bertz CT molecular complexity index is 1260. The highest BCUT2D eigenvalue weighted by Gasteiger charge is 2.62. The quantitative estimate of drug-likeness (QED) is 0.452. The number of rotatable bonds is 6. The van der Waals surface area contributed by atoms with Gasteiger partial charge in [-0.2, -0.15) is 11.8 Å². The lowest BCUT2D eigenvalue weighted by Gasteiger charge is -2.45. The van der Waals surface area contributed by atoms with Crippen molar-refractivity contribution in [3.63, 3.8) is 0 Å². The van der Waals surface area contributed by atoms with Crippen LogP contribution < -0.4 is 5.32 Å². The minimum absolute atomic E-state index is 0.186. The summed E-state index contributed by atoms with van der Waals surface area (Å²) in [5.74, 6) is -1.53. The normalized spacial score (nSPS) is 24.2. The van der Waals surface area contributed by atoms with Crippen molar-refractivity contribution in [1.29, 1.82) is 0 Å². The smallest absolute Gasteiger partial charge is 0.247 e. The summed E-state index contributed by atoms with van der Waals surface area (Å²) >= 11 is 7.58. The maximum Gasteiger partial charge on any atom is 0.247 e. The number of imide groups is 1. The van der Waals surface area contributed by atoms with Gasteiger partial charge in [-0.05, 0) is 64.9 Å². The number of halogens is 1. The molecule has 0 unspecified atom stereocenters. The molecule has 3 amide bonds. The third kappa shape index (κ3) is 3.50. The van der Waals surface area contributed by atoms with Crippen LogP contribution in [0.25, 0.3) is 0 Å². The minimum Gasteiger partial charge on any atom is -0.324 e. The third-order valence-corrected chi connectivity index (χ3v) is 8.70. The molecule has 36 heavy (non-hydrogen) atoms. The van der Waals surface area contributed by atoms with E-state index >= 15 is 0 Å². The molecule has 182 valence electrons. The molecule has 0 radical (unpaired) electrons. The topological polar surface area (TPSA) is 66.5 Å². The van der Waals surface area contributed by atoms with Gasteiger partial charge >= 0.3 is 0 Å². The van der Waals surface area contributed by atoms with E-state index in [1.165, 1.54) is 4.90 Å². The van der Waals surface area contributed by atoms with Gasteiger partial charge in [-0.25, -0.2) is 0 Å². The summed E-state index contributed by atoms with van der Waals surface area (Å²) in [6, 6.07) is 22.3. The molecule has 0 saturated carbocycles. The van der Waals surface area contributed by atoms with Crippen LogP contribution in [-0.4, -0.2) is 40.7 Å². The average Bonchev–Trinajstić information content (AvgIpc) is 3.16. The second kappa shape index (κ2) is 9.09. The van der Waals surface area contributed by atoms with Crippen LogP contribution >= 0.6 is 23.4 Å². The fourth-order valence-electron chi connectivity index (χ4n) is 6.37.